The van der Waals surface area contributed by atoms with Crippen LogP contribution in [0.3, 0.4) is 0 Å². The Morgan fingerprint density at radius 1 is 1.00 bits per heavy atom. The molecule has 4 nitrogen and oxygen atoms in total. The van der Waals surface area contributed by atoms with Crippen molar-refractivity contribution < 1.29 is 9.53 Å². The molecule has 0 radical (unpaired) electrons. The Kier molecular flexibility index (Phi) is 4.39. The van der Waals surface area contributed by atoms with Gasteiger partial charge in [-0.2, -0.15) is 0 Å². The number of anilines is 2. The molecular formula is C21H17BrN2O2. The quantitative estimate of drug-likeness (QED) is 0.644. The van der Waals surface area contributed by atoms with Crippen molar-refractivity contribution in [3.8, 4) is 5.75 Å². The predicted octanol–water partition coefficient (Wildman–Crippen LogP) is 5.23. The summed E-state index contributed by atoms with van der Waals surface area (Å²) in [4.78, 5) is 15.1. The molecule has 0 aliphatic carbocycles. The number of amides is 1. The predicted molar refractivity (Wildman–Crippen MR) is 107 cm³/mol. The highest BCUT2D eigenvalue weighted by atomic mass is 79.9. The Morgan fingerprint density at radius 3 is 2.50 bits per heavy atom. The van der Waals surface area contributed by atoms with Crippen molar-refractivity contribution in [1.29, 1.82) is 0 Å². The average Bonchev–Trinajstić information content (AvgIpc) is 2.68. The number of benzene rings is 3. The number of hydrogen-bond donors (Lipinski definition) is 1. The van der Waals surface area contributed by atoms with Gasteiger partial charge in [-0.15, -0.1) is 0 Å². The van der Waals surface area contributed by atoms with E-state index < -0.39 is 0 Å². The van der Waals surface area contributed by atoms with Crippen LogP contribution in [0.25, 0.3) is 0 Å². The van der Waals surface area contributed by atoms with Gasteiger partial charge in [0.05, 0.1) is 12.7 Å². The first-order chi connectivity index (χ1) is 12.7. The van der Waals surface area contributed by atoms with E-state index in [2.05, 4.69) is 21.2 Å². The Balaban J connectivity index is 1.91. The van der Waals surface area contributed by atoms with Crippen molar-refractivity contribution in [2.24, 2.45) is 0 Å². The van der Waals surface area contributed by atoms with Crippen molar-refractivity contribution in [3.63, 3.8) is 0 Å². The Labute approximate surface area is 160 Å². The Morgan fingerprint density at radius 2 is 1.73 bits per heavy atom. The zero-order valence-corrected chi connectivity index (χ0v) is 15.7. The smallest absolute Gasteiger partial charge is 0.262 e. The largest absolute Gasteiger partial charge is 0.496 e. The van der Waals surface area contributed by atoms with Gasteiger partial charge in [-0.05, 0) is 42.5 Å². The molecule has 1 unspecified atom stereocenters. The molecule has 1 N–H and O–H groups in total. The van der Waals surface area contributed by atoms with Gasteiger partial charge in [0.2, 0.25) is 0 Å². The third kappa shape index (κ3) is 2.84. The summed E-state index contributed by atoms with van der Waals surface area (Å²) in [7, 11) is 1.64. The maximum absolute atomic E-state index is 13.3. The molecule has 130 valence electrons. The summed E-state index contributed by atoms with van der Waals surface area (Å²) in [6.45, 7) is 0. The fourth-order valence-electron chi connectivity index (χ4n) is 3.24. The van der Waals surface area contributed by atoms with Gasteiger partial charge >= 0.3 is 0 Å². The maximum atomic E-state index is 13.3. The number of nitrogens with zero attached hydrogens (tertiary/aromatic N) is 1. The normalized spacial score (nSPS) is 16.0. The molecule has 0 saturated carbocycles. The lowest BCUT2D eigenvalue weighted by atomic mass is 10.0. The molecule has 0 saturated heterocycles. The monoisotopic (exact) mass is 408 g/mol. The van der Waals surface area contributed by atoms with Crippen LogP contribution in [0.5, 0.6) is 5.75 Å². The van der Waals surface area contributed by atoms with Gasteiger partial charge in [0.25, 0.3) is 5.91 Å². The van der Waals surface area contributed by atoms with Crippen molar-refractivity contribution in [2.45, 2.75) is 6.17 Å². The molecule has 3 aromatic rings. The van der Waals surface area contributed by atoms with E-state index in [0.29, 0.717) is 5.56 Å². The molecule has 4 rings (SSSR count). The molecule has 26 heavy (non-hydrogen) atoms. The molecule has 0 bridgehead atoms. The first kappa shape index (κ1) is 16.7. The molecule has 1 amide bonds. The summed E-state index contributed by atoms with van der Waals surface area (Å²) in [5.41, 5.74) is 3.18. The number of carbonyl (C=O) groups is 1. The second-order valence-corrected chi connectivity index (χ2v) is 6.91. The molecule has 0 spiro atoms. The third-order valence-corrected chi connectivity index (χ3v) is 4.94. The van der Waals surface area contributed by atoms with Crippen LogP contribution in [0.1, 0.15) is 22.1 Å². The van der Waals surface area contributed by atoms with Gasteiger partial charge in [-0.1, -0.05) is 46.3 Å². The fraction of sp³-hybridized carbons (Fsp3) is 0.0952. The van der Waals surface area contributed by atoms with Crippen molar-refractivity contribution in [1.82, 2.24) is 0 Å². The third-order valence-electron chi connectivity index (χ3n) is 4.45. The zero-order valence-electron chi connectivity index (χ0n) is 14.1. The number of ether oxygens (including phenoxy) is 1. The van der Waals surface area contributed by atoms with Gasteiger partial charge in [-0.25, -0.2) is 0 Å². The summed E-state index contributed by atoms with van der Waals surface area (Å²) in [5.74, 6) is 0.677. The molecule has 1 atom stereocenters. The highest BCUT2D eigenvalue weighted by Gasteiger charge is 2.35. The van der Waals surface area contributed by atoms with Crippen LogP contribution in [-0.4, -0.2) is 13.0 Å². The maximum Gasteiger partial charge on any atom is 0.262 e. The number of halogens is 1. The Hall–Kier alpha value is -2.79. The summed E-state index contributed by atoms with van der Waals surface area (Å²) in [6, 6.07) is 23.0. The second-order valence-electron chi connectivity index (χ2n) is 5.99. The van der Waals surface area contributed by atoms with Crippen LogP contribution in [0.4, 0.5) is 11.4 Å². The number of nitrogens with one attached hydrogen (secondary N) is 1. The lowest BCUT2D eigenvalue weighted by molar-refractivity contribution is 0.0974. The van der Waals surface area contributed by atoms with E-state index in [0.717, 1.165) is 27.2 Å². The summed E-state index contributed by atoms with van der Waals surface area (Å²) >= 11 is 3.53. The van der Waals surface area contributed by atoms with Crippen molar-refractivity contribution in [3.05, 3.63) is 88.4 Å². The molecule has 1 heterocycles. The standard InChI is InChI=1S/C21H17BrN2O2/c1-26-19-12-11-14(22)13-17(19)20-23-18-10-6-5-9-16(18)21(25)24(20)15-7-3-2-4-8-15/h2-13,20,23H,1H3. The first-order valence-corrected chi connectivity index (χ1v) is 9.06. The topological polar surface area (TPSA) is 41.6 Å². The van der Waals surface area contributed by atoms with Gasteiger partial charge < -0.3 is 10.1 Å². The molecule has 1 aliphatic rings. The molecular weight excluding hydrogens is 392 g/mol. The molecule has 0 aromatic heterocycles. The number of rotatable bonds is 3. The van der Waals surface area contributed by atoms with Crippen LogP contribution in [0.2, 0.25) is 0 Å². The second kappa shape index (κ2) is 6.84. The van der Waals surface area contributed by atoms with Gasteiger partial charge in [-0.3, -0.25) is 9.69 Å². The van der Waals surface area contributed by atoms with Crippen LogP contribution < -0.4 is 15.0 Å². The number of methoxy groups -OCH3 is 1. The minimum Gasteiger partial charge on any atom is -0.496 e. The zero-order chi connectivity index (χ0) is 18.1. The molecule has 1 aliphatic heterocycles. The van der Waals surface area contributed by atoms with Gasteiger partial charge in [0, 0.05) is 21.4 Å². The minimum atomic E-state index is -0.382. The van der Waals surface area contributed by atoms with Crippen molar-refractivity contribution in [2.75, 3.05) is 17.3 Å². The summed E-state index contributed by atoms with van der Waals surface area (Å²) in [5, 5.41) is 3.50. The van der Waals surface area contributed by atoms with Crippen molar-refractivity contribution >= 4 is 33.2 Å². The highest BCUT2D eigenvalue weighted by Crippen LogP contribution is 2.40. The molecule has 5 heteroatoms. The van der Waals surface area contributed by atoms with Crippen LogP contribution in [0.15, 0.2) is 77.3 Å². The summed E-state index contributed by atoms with van der Waals surface area (Å²) in [6.07, 6.45) is -0.382. The number of para-hydroxylation sites is 2. The summed E-state index contributed by atoms with van der Waals surface area (Å²) < 4.78 is 6.49. The lowest BCUT2D eigenvalue weighted by Crippen LogP contribution is -2.43. The minimum absolute atomic E-state index is 0.0439. The van der Waals surface area contributed by atoms with E-state index in [1.54, 1.807) is 12.0 Å². The van der Waals surface area contributed by atoms with E-state index in [9.17, 15) is 4.79 Å². The molecule has 0 fully saturated rings. The number of carbonyl (C=O) groups excluding carboxylic acids is 1. The van der Waals surface area contributed by atoms with Crippen LogP contribution in [-0.2, 0) is 0 Å². The fourth-order valence-corrected chi connectivity index (χ4v) is 3.62. The SMILES string of the molecule is COc1ccc(Br)cc1C1Nc2ccccc2C(=O)N1c1ccccc1. The van der Waals surface area contributed by atoms with E-state index in [1.807, 2.05) is 72.8 Å². The van der Waals surface area contributed by atoms with E-state index >= 15 is 0 Å². The van der Waals surface area contributed by atoms with E-state index in [4.69, 9.17) is 4.74 Å². The van der Waals surface area contributed by atoms with E-state index in [1.165, 1.54) is 0 Å². The number of hydrogen-bond acceptors (Lipinski definition) is 3. The van der Waals surface area contributed by atoms with Crippen LogP contribution in [0, 0.1) is 0 Å². The average molecular weight is 409 g/mol. The highest BCUT2D eigenvalue weighted by molar-refractivity contribution is 9.10. The lowest BCUT2D eigenvalue weighted by Gasteiger charge is -2.38. The Bertz CT molecular complexity index is 959. The molecule has 3 aromatic carbocycles. The first-order valence-electron chi connectivity index (χ1n) is 8.26. The van der Waals surface area contributed by atoms with Crippen LogP contribution >= 0.6 is 15.9 Å². The van der Waals surface area contributed by atoms with E-state index in [-0.39, 0.29) is 12.1 Å². The number of fused-ring (bicyclic) bond motifs is 1. The van der Waals surface area contributed by atoms with Gasteiger partial charge in [0.15, 0.2) is 0 Å². The van der Waals surface area contributed by atoms with Gasteiger partial charge in [0.1, 0.15) is 11.9 Å².